The van der Waals surface area contributed by atoms with E-state index in [0.29, 0.717) is 0 Å². The van der Waals surface area contributed by atoms with Crippen molar-refractivity contribution in [3.8, 4) is 5.75 Å². The van der Waals surface area contributed by atoms with Gasteiger partial charge in [-0.2, -0.15) is 0 Å². The Kier molecular flexibility index (Phi) is 6.26. The maximum absolute atomic E-state index is 8.74. The van der Waals surface area contributed by atoms with Gasteiger partial charge in [-0.1, -0.05) is 45.0 Å². The highest BCUT2D eigenvalue weighted by atomic mass is 16.5. The molecule has 2 rings (SSSR count). The van der Waals surface area contributed by atoms with E-state index in [0.717, 1.165) is 23.4 Å². The molecule has 27 heavy (non-hydrogen) atoms. The minimum Gasteiger partial charge on any atom is -0.482 e. The van der Waals surface area contributed by atoms with Gasteiger partial charge in [0, 0.05) is 13.8 Å². The van der Waals surface area contributed by atoms with Crippen LogP contribution in [0.3, 0.4) is 0 Å². The van der Waals surface area contributed by atoms with Gasteiger partial charge in [-0.15, -0.1) is 0 Å². The monoisotopic (exact) mass is 368 g/mol. The largest absolute Gasteiger partial charge is 0.482 e. The Morgan fingerprint density at radius 2 is 1.63 bits per heavy atom. The molecule has 0 radical (unpaired) electrons. The highest BCUT2D eigenvalue weighted by Crippen LogP contribution is 2.41. The van der Waals surface area contributed by atoms with Crippen LogP contribution in [-0.2, 0) is 5.60 Å². The van der Waals surface area contributed by atoms with Gasteiger partial charge in [0.25, 0.3) is 0 Å². The standard InChI is InChI=1S/C25H37NO/c1-16(2)24-21(7)18(4)13-14-23(24)27-25(8,19(5)15-26-9)22-12-10-11-17(3)20(22)6/h10-14,16,19,26H,15H2,1-9H3/t19?,25-/m1/s1/i16D. The Morgan fingerprint density at radius 3 is 2.22 bits per heavy atom. The third-order valence-corrected chi connectivity index (χ3v) is 6.11. The SMILES string of the molecule is [2H]C(C)(C)c1c(O[C@@](C)(c2cccc(C)c2C)C(C)CNC)ccc(C)c1C. The van der Waals surface area contributed by atoms with E-state index in [1.54, 1.807) is 0 Å². The van der Waals surface area contributed by atoms with Crippen molar-refractivity contribution in [3.63, 3.8) is 0 Å². The molecule has 0 saturated heterocycles. The van der Waals surface area contributed by atoms with E-state index in [-0.39, 0.29) is 5.92 Å². The molecule has 0 aromatic heterocycles. The predicted octanol–water partition coefficient (Wildman–Crippen LogP) is 6.19. The molecule has 2 aromatic rings. The summed E-state index contributed by atoms with van der Waals surface area (Å²) in [5, 5.41) is 3.31. The zero-order valence-electron chi connectivity index (χ0n) is 19.6. The Bertz CT molecular complexity index is 837. The molecule has 2 atom stereocenters. The van der Waals surface area contributed by atoms with Crippen molar-refractivity contribution in [2.45, 2.75) is 66.9 Å². The number of nitrogens with one attached hydrogen (secondary N) is 1. The van der Waals surface area contributed by atoms with Crippen LogP contribution in [0.25, 0.3) is 0 Å². The molecule has 0 spiro atoms. The molecule has 0 aliphatic heterocycles. The van der Waals surface area contributed by atoms with Crippen LogP contribution in [0.15, 0.2) is 30.3 Å². The van der Waals surface area contributed by atoms with Gasteiger partial charge in [0.2, 0.25) is 0 Å². The van der Waals surface area contributed by atoms with Crippen LogP contribution in [0, 0.1) is 33.6 Å². The van der Waals surface area contributed by atoms with Crippen LogP contribution in [0.1, 0.15) is 68.3 Å². The summed E-state index contributed by atoms with van der Waals surface area (Å²) in [5.74, 6) is 0.316. The minimum absolute atomic E-state index is 0.237. The number of hydrogen-bond donors (Lipinski definition) is 1. The first-order chi connectivity index (χ1) is 12.9. The first-order valence-electron chi connectivity index (χ1n) is 10.4. The van der Waals surface area contributed by atoms with E-state index in [2.05, 4.69) is 71.1 Å². The number of benzene rings is 2. The maximum Gasteiger partial charge on any atom is 0.135 e. The van der Waals surface area contributed by atoms with E-state index in [9.17, 15) is 0 Å². The Balaban J connectivity index is 2.69. The third-order valence-electron chi connectivity index (χ3n) is 6.11. The lowest BCUT2D eigenvalue weighted by molar-refractivity contribution is 0.0281. The molecule has 148 valence electrons. The van der Waals surface area contributed by atoms with E-state index < -0.39 is 11.5 Å². The molecule has 2 heteroatoms. The molecule has 0 heterocycles. The van der Waals surface area contributed by atoms with Crippen molar-refractivity contribution in [2.24, 2.45) is 5.92 Å². The number of rotatable bonds is 7. The molecule has 1 N–H and O–H groups in total. The van der Waals surface area contributed by atoms with Gasteiger partial charge < -0.3 is 10.1 Å². The minimum atomic E-state index is -0.736. The smallest absolute Gasteiger partial charge is 0.135 e. The maximum atomic E-state index is 8.74. The normalized spacial score (nSPS) is 15.8. The quantitative estimate of drug-likeness (QED) is 0.629. The van der Waals surface area contributed by atoms with Gasteiger partial charge in [-0.3, -0.25) is 0 Å². The lowest BCUT2D eigenvalue weighted by Crippen LogP contribution is -2.42. The van der Waals surface area contributed by atoms with Crippen LogP contribution in [0.2, 0.25) is 0 Å². The number of aryl methyl sites for hydroxylation is 2. The molecule has 2 nitrogen and oxygen atoms in total. The molecule has 0 aliphatic carbocycles. The highest BCUT2D eigenvalue weighted by molar-refractivity contribution is 5.47. The fourth-order valence-electron chi connectivity index (χ4n) is 3.94. The second-order valence-corrected chi connectivity index (χ2v) is 8.30. The zero-order valence-corrected chi connectivity index (χ0v) is 18.6. The van der Waals surface area contributed by atoms with Crippen molar-refractivity contribution in [1.82, 2.24) is 5.32 Å². The molecule has 0 bridgehead atoms. The summed E-state index contributed by atoms with van der Waals surface area (Å²) in [5.41, 5.74) is 6.54. The number of hydrogen-bond acceptors (Lipinski definition) is 2. The summed E-state index contributed by atoms with van der Waals surface area (Å²) >= 11 is 0. The van der Waals surface area contributed by atoms with Crippen LogP contribution < -0.4 is 10.1 Å². The van der Waals surface area contributed by atoms with E-state index in [1.807, 2.05) is 27.0 Å². The fourth-order valence-corrected chi connectivity index (χ4v) is 3.94. The average Bonchev–Trinajstić information content (AvgIpc) is 2.59. The van der Waals surface area contributed by atoms with Gasteiger partial charge in [0.15, 0.2) is 0 Å². The third kappa shape index (κ3) is 4.21. The molecule has 0 saturated carbocycles. The summed E-state index contributed by atoms with van der Waals surface area (Å²) in [7, 11) is 1.98. The molecular weight excluding hydrogens is 330 g/mol. The van der Waals surface area contributed by atoms with Crippen molar-refractivity contribution in [2.75, 3.05) is 13.6 Å². The van der Waals surface area contributed by atoms with Gasteiger partial charge >= 0.3 is 0 Å². The van der Waals surface area contributed by atoms with Crippen molar-refractivity contribution < 1.29 is 6.11 Å². The summed E-state index contributed by atoms with van der Waals surface area (Å²) in [4.78, 5) is 0. The van der Waals surface area contributed by atoms with Gasteiger partial charge in [-0.05, 0) is 87.0 Å². The summed E-state index contributed by atoms with van der Waals surface area (Å²) in [6, 6.07) is 10.6. The predicted molar refractivity (Wildman–Crippen MR) is 117 cm³/mol. The molecule has 0 fully saturated rings. The molecular formula is C25H37NO. The molecule has 0 amide bonds. The Labute approximate surface area is 167 Å². The number of ether oxygens (including phenoxy) is 1. The van der Waals surface area contributed by atoms with Crippen molar-refractivity contribution >= 4 is 0 Å². The van der Waals surface area contributed by atoms with Crippen LogP contribution >= 0.6 is 0 Å². The van der Waals surface area contributed by atoms with E-state index in [4.69, 9.17) is 6.11 Å². The first kappa shape index (κ1) is 19.9. The van der Waals surface area contributed by atoms with Crippen LogP contribution in [0.5, 0.6) is 5.75 Å². The summed E-state index contributed by atoms with van der Waals surface area (Å²) in [6.07, 6.45) is 0. The zero-order chi connectivity index (χ0) is 21.3. The second kappa shape index (κ2) is 8.48. The van der Waals surface area contributed by atoms with E-state index >= 15 is 0 Å². The lowest BCUT2D eigenvalue weighted by atomic mass is 9.80. The summed E-state index contributed by atoms with van der Waals surface area (Å²) < 4.78 is 15.6. The highest BCUT2D eigenvalue weighted by Gasteiger charge is 2.37. The van der Waals surface area contributed by atoms with E-state index in [1.165, 1.54) is 22.3 Å². The molecule has 0 aliphatic rings. The second-order valence-electron chi connectivity index (χ2n) is 8.30. The van der Waals surface area contributed by atoms with Gasteiger partial charge in [0.1, 0.15) is 11.4 Å². The fraction of sp³-hybridized carbons (Fsp3) is 0.520. The lowest BCUT2D eigenvalue weighted by Gasteiger charge is -2.39. The molecule has 1 unspecified atom stereocenters. The Hall–Kier alpha value is -1.80. The topological polar surface area (TPSA) is 21.3 Å². The summed E-state index contributed by atoms with van der Waals surface area (Å²) in [6.45, 7) is 17.7. The Morgan fingerprint density at radius 1 is 1.00 bits per heavy atom. The first-order valence-corrected chi connectivity index (χ1v) is 9.94. The van der Waals surface area contributed by atoms with Crippen molar-refractivity contribution in [3.05, 3.63) is 63.7 Å². The van der Waals surface area contributed by atoms with Crippen molar-refractivity contribution in [1.29, 1.82) is 0 Å². The van der Waals surface area contributed by atoms with Gasteiger partial charge in [-0.25, -0.2) is 0 Å². The average molecular weight is 369 g/mol. The van der Waals surface area contributed by atoms with Crippen LogP contribution in [0.4, 0.5) is 0 Å². The van der Waals surface area contributed by atoms with Crippen LogP contribution in [-0.4, -0.2) is 13.6 Å². The van der Waals surface area contributed by atoms with Gasteiger partial charge in [0.05, 0.1) is 0 Å². The molecule has 2 aromatic carbocycles.